The molecule has 0 radical (unpaired) electrons. The average molecular weight is 521 g/mol. The van der Waals surface area contributed by atoms with E-state index in [1.165, 1.54) is 0 Å². The zero-order valence-corrected chi connectivity index (χ0v) is 22.3. The monoisotopic (exact) mass is 520 g/mol. The van der Waals surface area contributed by atoms with E-state index in [2.05, 4.69) is 25.8 Å². The van der Waals surface area contributed by atoms with Gasteiger partial charge >= 0.3 is 12.1 Å². The number of ether oxygens (including phenoxy) is 1. The Morgan fingerprint density at radius 3 is 2.55 bits per heavy atom. The fourth-order valence-electron chi connectivity index (χ4n) is 5.30. The molecule has 0 spiro atoms. The first-order valence-electron chi connectivity index (χ1n) is 13.4. The van der Waals surface area contributed by atoms with Crippen molar-refractivity contribution in [1.82, 2.24) is 30.7 Å². The topological polar surface area (TPSA) is 122 Å². The first-order chi connectivity index (χ1) is 18.2. The summed E-state index contributed by atoms with van der Waals surface area (Å²) in [6, 6.07) is 11.7. The summed E-state index contributed by atoms with van der Waals surface area (Å²) in [5.74, 6) is 1.16. The van der Waals surface area contributed by atoms with Crippen LogP contribution in [0.15, 0.2) is 40.9 Å². The van der Waals surface area contributed by atoms with Crippen LogP contribution in [0, 0.1) is 0 Å². The minimum atomic E-state index is -0.567. The van der Waals surface area contributed by atoms with E-state index in [1.807, 2.05) is 62.1 Å². The molecule has 10 nitrogen and oxygen atoms in total. The van der Waals surface area contributed by atoms with E-state index in [4.69, 9.17) is 9.26 Å². The van der Waals surface area contributed by atoms with E-state index in [-0.39, 0.29) is 11.9 Å². The van der Waals surface area contributed by atoms with Gasteiger partial charge in [-0.15, -0.1) is 0 Å². The summed E-state index contributed by atoms with van der Waals surface area (Å²) in [5, 5.41) is 11.3. The zero-order valence-electron chi connectivity index (χ0n) is 22.3. The van der Waals surface area contributed by atoms with Crippen molar-refractivity contribution in [1.29, 1.82) is 0 Å². The normalized spacial score (nSPS) is 17.9. The number of rotatable bonds is 5. The third kappa shape index (κ3) is 6.06. The lowest BCUT2D eigenvalue weighted by atomic mass is 9.96. The average Bonchev–Trinajstić information content (AvgIpc) is 3.57. The highest BCUT2D eigenvalue weighted by atomic mass is 16.6. The molecule has 1 saturated carbocycles. The number of nitrogens with zero attached hydrogens (tertiary/aromatic N) is 4. The van der Waals surface area contributed by atoms with Crippen LogP contribution in [0.3, 0.4) is 0 Å². The maximum absolute atomic E-state index is 13.0. The highest BCUT2D eigenvalue weighted by Gasteiger charge is 2.38. The minimum absolute atomic E-state index is 0.0933. The van der Waals surface area contributed by atoms with Crippen molar-refractivity contribution < 1.29 is 18.8 Å². The van der Waals surface area contributed by atoms with Gasteiger partial charge in [-0.05, 0) is 58.6 Å². The second-order valence-electron chi connectivity index (χ2n) is 11.4. The predicted octanol–water partition coefficient (Wildman–Crippen LogP) is 5.01. The van der Waals surface area contributed by atoms with Gasteiger partial charge < -0.3 is 24.8 Å². The molecule has 0 unspecified atom stereocenters. The van der Waals surface area contributed by atoms with Crippen LogP contribution in [0.4, 0.5) is 9.59 Å². The standard InChI is InChI=1S/C28H36N6O4/c1-27(2,3)37-26(36)32-28(14-6-7-15-28)18-29-25(35)34-16-12-20(13-17-34)24-31-23(33-38-24)22-11-10-19-8-4-5-9-21(19)30-22/h4-5,8-11,20H,6-7,12-18H2,1-3H3,(H,29,35)(H,32,36). The molecule has 38 heavy (non-hydrogen) atoms. The lowest BCUT2D eigenvalue weighted by Gasteiger charge is -2.34. The molecule has 10 heteroatoms. The largest absolute Gasteiger partial charge is 0.444 e. The second-order valence-corrected chi connectivity index (χ2v) is 11.4. The van der Waals surface area contributed by atoms with Crippen molar-refractivity contribution >= 4 is 23.0 Å². The van der Waals surface area contributed by atoms with Crippen LogP contribution in [-0.2, 0) is 4.74 Å². The molecule has 1 saturated heterocycles. The smallest absolute Gasteiger partial charge is 0.408 e. The number of aromatic nitrogens is 3. The number of likely N-dealkylation sites (tertiary alicyclic amines) is 1. The number of amides is 3. The van der Waals surface area contributed by atoms with Gasteiger partial charge in [-0.1, -0.05) is 42.3 Å². The van der Waals surface area contributed by atoms with Crippen molar-refractivity contribution in [2.75, 3.05) is 19.6 Å². The molecule has 2 fully saturated rings. The molecule has 2 aromatic heterocycles. The van der Waals surface area contributed by atoms with Crippen LogP contribution in [0.25, 0.3) is 22.4 Å². The molecule has 0 atom stereocenters. The summed E-state index contributed by atoms with van der Waals surface area (Å²) in [4.78, 5) is 36.5. The van der Waals surface area contributed by atoms with E-state index < -0.39 is 17.2 Å². The van der Waals surface area contributed by atoms with Crippen molar-refractivity contribution in [3.63, 3.8) is 0 Å². The summed E-state index contributed by atoms with van der Waals surface area (Å²) >= 11 is 0. The Balaban J connectivity index is 1.14. The lowest BCUT2D eigenvalue weighted by molar-refractivity contribution is 0.0455. The van der Waals surface area contributed by atoms with Crippen LogP contribution in [0.1, 0.15) is 71.1 Å². The van der Waals surface area contributed by atoms with Crippen molar-refractivity contribution in [2.45, 2.75) is 76.4 Å². The Morgan fingerprint density at radius 2 is 1.82 bits per heavy atom. The summed E-state index contributed by atoms with van der Waals surface area (Å²) in [6.45, 7) is 7.10. The van der Waals surface area contributed by atoms with E-state index in [0.717, 1.165) is 49.4 Å². The number of benzene rings is 1. The molecule has 3 aromatic rings. The molecular formula is C28H36N6O4. The number of nitrogens with one attached hydrogen (secondary N) is 2. The number of alkyl carbamates (subject to hydrolysis) is 1. The van der Waals surface area contributed by atoms with E-state index in [0.29, 0.717) is 37.0 Å². The maximum Gasteiger partial charge on any atom is 0.408 e. The van der Waals surface area contributed by atoms with Gasteiger partial charge in [0.2, 0.25) is 11.7 Å². The lowest BCUT2D eigenvalue weighted by Crippen LogP contribution is -2.56. The van der Waals surface area contributed by atoms with Crippen LogP contribution in [-0.4, -0.2) is 62.9 Å². The van der Waals surface area contributed by atoms with Gasteiger partial charge in [0.15, 0.2) is 0 Å². The van der Waals surface area contributed by atoms with Gasteiger partial charge in [-0.25, -0.2) is 14.6 Å². The van der Waals surface area contributed by atoms with Gasteiger partial charge in [-0.3, -0.25) is 0 Å². The third-order valence-electron chi connectivity index (χ3n) is 7.31. The molecule has 3 amide bonds. The van der Waals surface area contributed by atoms with E-state index >= 15 is 0 Å². The predicted molar refractivity (Wildman–Crippen MR) is 143 cm³/mol. The Hall–Kier alpha value is -3.69. The number of piperidine rings is 1. The number of para-hydroxylation sites is 1. The summed E-state index contributed by atoms with van der Waals surface area (Å²) in [5.41, 5.74) is 0.531. The van der Waals surface area contributed by atoms with Gasteiger partial charge in [0.1, 0.15) is 11.3 Å². The van der Waals surface area contributed by atoms with Gasteiger partial charge in [-0.2, -0.15) is 4.98 Å². The first kappa shape index (κ1) is 25.9. The quantitative estimate of drug-likeness (QED) is 0.485. The first-order valence-corrected chi connectivity index (χ1v) is 13.4. The number of hydrogen-bond acceptors (Lipinski definition) is 7. The van der Waals surface area contributed by atoms with Gasteiger partial charge in [0.05, 0.1) is 11.1 Å². The van der Waals surface area contributed by atoms with E-state index in [1.54, 1.807) is 0 Å². The van der Waals surface area contributed by atoms with Crippen LogP contribution >= 0.6 is 0 Å². The SMILES string of the molecule is CC(C)(C)OC(=O)NC1(CNC(=O)N2CCC(c3nc(-c4ccc5ccccc5n4)no3)CC2)CCCC1. The third-order valence-corrected chi connectivity index (χ3v) is 7.31. The molecule has 5 rings (SSSR count). The highest BCUT2D eigenvalue weighted by Crippen LogP contribution is 2.31. The minimum Gasteiger partial charge on any atom is -0.444 e. The molecule has 1 aromatic carbocycles. The molecule has 1 aliphatic heterocycles. The summed E-state index contributed by atoms with van der Waals surface area (Å²) in [7, 11) is 0. The van der Waals surface area contributed by atoms with Crippen LogP contribution in [0.5, 0.6) is 0 Å². The van der Waals surface area contributed by atoms with Crippen molar-refractivity contribution in [3.05, 3.63) is 42.3 Å². The maximum atomic E-state index is 13.0. The van der Waals surface area contributed by atoms with Gasteiger partial charge in [0, 0.05) is 30.9 Å². The Morgan fingerprint density at radius 1 is 1.08 bits per heavy atom. The van der Waals surface area contributed by atoms with Crippen molar-refractivity contribution in [2.24, 2.45) is 0 Å². The fourth-order valence-corrected chi connectivity index (χ4v) is 5.30. The number of fused-ring (bicyclic) bond motifs is 1. The van der Waals surface area contributed by atoms with Crippen LogP contribution in [0.2, 0.25) is 0 Å². The second kappa shape index (κ2) is 10.6. The van der Waals surface area contributed by atoms with Gasteiger partial charge in [0.25, 0.3) is 0 Å². The Kier molecular flexibility index (Phi) is 7.23. The fraction of sp³-hybridized carbons (Fsp3) is 0.536. The molecule has 2 aliphatic rings. The van der Waals surface area contributed by atoms with Crippen LogP contribution < -0.4 is 10.6 Å². The molecule has 202 valence electrons. The molecule has 0 bridgehead atoms. The number of pyridine rings is 1. The Bertz CT molecular complexity index is 1290. The molecule has 2 N–H and O–H groups in total. The number of hydrogen-bond donors (Lipinski definition) is 2. The molecule has 1 aliphatic carbocycles. The highest BCUT2D eigenvalue weighted by molar-refractivity contribution is 5.80. The van der Waals surface area contributed by atoms with Crippen molar-refractivity contribution in [3.8, 4) is 11.5 Å². The molecular weight excluding hydrogens is 484 g/mol. The van der Waals surface area contributed by atoms with E-state index in [9.17, 15) is 9.59 Å². The molecule has 3 heterocycles. The number of carbonyl (C=O) groups excluding carboxylic acids is 2. The number of urea groups is 1. The summed E-state index contributed by atoms with van der Waals surface area (Å²) in [6.07, 6.45) is 4.70. The zero-order chi connectivity index (χ0) is 26.8. The number of carbonyl (C=O) groups is 2. The summed E-state index contributed by atoms with van der Waals surface area (Å²) < 4.78 is 11.0. The Labute approximate surface area is 222 Å².